The van der Waals surface area contributed by atoms with Crippen molar-refractivity contribution < 1.29 is 9.84 Å². The van der Waals surface area contributed by atoms with Gasteiger partial charge in [0.05, 0.1) is 6.61 Å². The maximum atomic E-state index is 8.57. The minimum atomic E-state index is 0.326. The summed E-state index contributed by atoms with van der Waals surface area (Å²) < 4.78 is 5.57. The van der Waals surface area contributed by atoms with Crippen LogP contribution in [0.25, 0.3) is 0 Å². The van der Waals surface area contributed by atoms with Crippen molar-refractivity contribution in [3.8, 4) is 0 Å². The van der Waals surface area contributed by atoms with Crippen molar-refractivity contribution in [2.45, 2.75) is 44.6 Å². The summed E-state index contributed by atoms with van der Waals surface area (Å²) in [6.45, 7) is 3.24. The monoisotopic (exact) mass is 201 g/mol. The second-order valence-corrected chi connectivity index (χ2v) is 4.01. The first-order chi connectivity index (χ1) is 6.93. The van der Waals surface area contributed by atoms with Crippen molar-refractivity contribution in [2.24, 2.45) is 0 Å². The fraction of sp³-hybridized carbons (Fsp3) is 1.00. The molecule has 0 spiro atoms. The van der Waals surface area contributed by atoms with Crippen LogP contribution >= 0.6 is 0 Å². The van der Waals surface area contributed by atoms with E-state index in [0.29, 0.717) is 12.6 Å². The highest BCUT2D eigenvalue weighted by molar-refractivity contribution is 4.73. The van der Waals surface area contributed by atoms with Gasteiger partial charge in [0.15, 0.2) is 0 Å². The number of unbranched alkanes of at least 4 members (excludes halogenated alkanes) is 3. The summed E-state index contributed by atoms with van der Waals surface area (Å²) in [4.78, 5) is 0. The molecule has 14 heavy (non-hydrogen) atoms. The molecule has 1 rings (SSSR count). The summed E-state index contributed by atoms with van der Waals surface area (Å²) in [5.41, 5.74) is 0. The minimum absolute atomic E-state index is 0.326. The van der Waals surface area contributed by atoms with Crippen LogP contribution < -0.4 is 5.32 Å². The smallest absolute Gasteiger partial charge is 0.0619 e. The van der Waals surface area contributed by atoms with Gasteiger partial charge in [0.1, 0.15) is 0 Å². The van der Waals surface area contributed by atoms with E-state index >= 15 is 0 Å². The van der Waals surface area contributed by atoms with Crippen molar-refractivity contribution in [2.75, 3.05) is 26.4 Å². The zero-order valence-electron chi connectivity index (χ0n) is 9.00. The van der Waals surface area contributed by atoms with Gasteiger partial charge >= 0.3 is 0 Å². The van der Waals surface area contributed by atoms with Crippen LogP contribution in [0, 0.1) is 0 Å². The van der Waals surface area contributed by atoms with Crippen LogP contribution in [-0.2, 0) is 4.74 Å². The summed E-state index contributed by atoms with van der Waals surface area (Å²) in [6, 6.07) is 0.604. The molecule has 0 aliphatic carbocycles. The third-order valence-electron chi connectivity index (χ3n) is 2.68. The molecule has 3 heteroatoms. The Kier molecular flexibility index (Phi) is 7.01. The lowest BCUT2D eigenvalue weighted by Crippen LogP contribution is -2.26. The fourth-order valence-electron chi connectivity index (χ4n) is 1.79. The Morgan fingerprint density at radius 2 is 2.07 bits per heavy atom. The molecular formula is C11H23NO2. The molecule has 1 aliphatic heterocycles. The van der Waals surface area contributed by atoms with Gasteiger partial charge in [-0.1, -0.05) is 12.8 Å². The highest BCUT2D eigenvalue weighted by Gasteiger charge is 2.12. The highest BCUT2D eigenvalue weighted by atomic mass is 16.5. The van der Waals surface area contributed by atoms with Gasteiger partial charge in [-0.25, -0.2) is 0 Å². The Labute approximate surface area is 86.8 Å². The van der Waals surface area contributed by atoms with Gasteiger partial charge in [0, 0.05) is 19.3 Å². The summed E-state index contributed by atoms with van der Waals surface area (Å²) in [6.07, 6.45) is 6.94. The number of ether oxygens (including phenoxy) is 1. The normalized spacial score (nSPS) is 21.6. The second-order valence-electron chi connectivity index (χ2n) is 4.01. The third kappa shape index (κ3) is 5.58. The molecule has 2 N–H and O–H groups in total. The lowest BCUT2D eigenvalue weighted by molar-refractivity contribution is 0.112. The van der Waals surface area contributed by atoms with E-state index in [1.54, 1.807) is 0 Å². The van der Waals surface area contributed by atoms with E-state index in [-0.39, 0.29) is 0 Å². The summed E-state index contributed by atoms with van der Waals surface area (Å²) in [5.74, 6) is 0. The maximum absolute atomic E-state index is 8.57. The molecular weight excluding hydrogens is 178 g/mol. The lowest BCUT2D eigenvalue weighted by atomic mass is 10.2. The van der Waals surface area contributed by atoms with Gasteiger partial charge in [0.2, 0.25) is 0 Å². The molecule has 84 valence electrons. The molecule has 1 fully saturated rings. The predicted octanol–water partition coefficient (Wildman–Crippen LogP) is 1.31. The average Bonchev–Trinajstić information content (AvgIpc) is 2.69. The molecule has 0 amide bonds. The molecule has 1 atom stereocenters. The van der Waals surface area contributed by atoms with Crippen LogP contribution in [0.4, 0.5) is 0 Å². The van der Waals surface area contributed by atoms with Crippen LogP contribution in [0.3, 0.4) is 0 Å². The molecule has 0 saturated carbocycles. The molecule has 0 aromatic rings. The minimum Gasteiger partial charge on any atom is -0.396 e. The first-order valence-electron chi connectivity index (χ1n) is 5.85. The molecule has 3 nitrogen and oxygen atoms in total. The van der Waals surface area contributed by atoms with E-state index in [2.05, 4.69) is 5.32 Å². The first-order valence-corrected chi connectivity index (χ1v) is 5.85. The van der Waals surface area contributed by atoms with Crippen LogP contribution in [0.15, 0.2) is 0 Å². The predicted molar refractivity (Wildman–Crippen MR) is 57.4 cm³/mol. The average molecular weight is 201 g/mol. The Morgan fingerprint density at radius 1 is 1.21 bits per heavy atom. The van der Waals surface area contributed by atoms with Gasteiger partial charge in [0.25, 0.3) is 0 Å². The molecule has 0 bridgehead atoms. The highest BCUT2D eigenvalue weighted by Crippen LogP contribution is 2.05. The summed E-state index contributed by atoms with van der Waals surface area (Å²) in [5, 5.41) is 12.0. The van der Waals surface area contributed by atoms with Crippen LogP contribution in [0.5, 0.6) is 0 Å². The summed E-state index contributed by atoms with van der Waals surface area (Å²) >= 11 is 0. The van der Waals surface area contributed by atoms with E-state index in [4.69, 9.17) is 9.84 Å². The van der Waals surface area contributed by atoms with Gasteiger partial charge in [-0.15, -0.1) is 0 Å². The van der Waals surface area contributed by atoms with Gasteiger partial charge < -0.3 is 15.2 Å². The van der Waals surface area contributed by atoms with Gasteiger partial charge in [-0.05, 0) is 32.2 Å². The third-order valence-corrected chi connectivity index (χ3v) is 2.68. The zero-order valence-corrected chi connectivity index (χ0v) is 9.00. The van der Waals surface area contributed by atoms with E-state index in [1.165, 1.54) is 19.3 Å². The standard InChI is InChI=1S/C11H23NO2/c13-8-3-1-2-4-9-14-10-11-6-5-7-12-11/h11-13H,1-10H2. The van der Waals surface area contributed by atoms with E-state index in [9.17, 15) is 0 Å². The molecule has 1 unspecified atom stereocenters. The Morgan fingerprint density at radius 3 is 2.79 bits per heavy atom. The Hall–Kier alpha value is -0.120. The zero-order chi connectivity index (χ0) is 10.1. The molecule has 0 aromatic carbocycles. The first kappa shape index (κ1) is 12.0. The Bertz CT molecular complexity index is 124. The lowest BCUT2D eigenvalue weighted by Gasteiger charge is -2.10. The van der Waals surface area contributed by atoms with Gasteiger partial charge in [-0.3, -0.25) is 0 Å². The van der Waals surface area contributed by atoms with Crippen molar-refractivity contribution in [3.05, 3.63) is 0 Å². The topological polar surface area (TPSA) is 41.5 Å². The number of aliphatic hydroxyl groups excluding tert-OH is 1. The van der Waals surface area contributed by atoms with E-state index in [1.807, 2.05) is 0 Å². The van der Waals surface area contributed by atoms with Gasteiger partial charge in [-0.2, -0.15) is 0 Å². The number of hydrogen-bond donors (Lipinski definition) is 2. The van der Waals surface area contributed by atoms with Crippen molar-refractivity contribution in [1.82, 2.24) is 5.32 Å². The van der Waals surface area contributed by atoms with Crippen LogP contribution in [0.1, 0.15) is 38.5 Å². The largest absolute Gasteiger partial charge is 0.396 e. The quantitative estimate of drug-likeness (QED) is 0.582. The van der Waals surface area contributed by atoms with E-state index in [0.717, 1.165) is 39.0 Å². The Balaban J connectivity index is 1.75. The van der Waals surface area contributed by atoms with Crippen LogP contribution in [0.2, 0.25) is 0 Å². The number of rotatable bonds is 8. The molecule has 0 aromatic heterocycles. The second kappa shape index (κ2) is 8.21. The maximum Gasteiger partial charge on any atom is 0.0619 e. The summed E-state index contributed by atoms with van der Waals surface area (Å²) in [7, 11) is 0. The van der Waals surface area contributed by atoms with Crippen molar-refractivity contribution in [1.29, 1.82) is 0 Å². The molecule has 1 heterocycles. The van der Waals surface area contributed by atoms with Crippen molar-refractivity contribution >= 4 is 0 Å². The fourth-order valence-corrected chi connectivity index (χ4v) is 1.79. The SMILES string of the molecule is OCCCCCCOCC1CCCN1. The van der Waals surface area contributed by atoms with Crippen LogP contribution in [-0.4, -0.2) is 37.5 Å². The number of hydrogen-bond acceptors (Lipinski definition) is 3. The number of nitrogens with one attached hydrogen (secondary N) is 1. The van der Waals surface area contributed by atoms with Crippen molar-refractivity contribution in [3.63, 3.8) is 0 Å². The molecule has 0 radical (unpaired) electrons. The molecule has 1 aliphatic rings. The molecule has 1 saturated heterocycles. The van der Waals surface area contributed by atoms with E-state index < -0.39 is 0 Å². The number of aliphatic hydroxyl groups is 1.